The quantitative estimate of drug-likeness (QED) is 0.187. The van der Waals surface area contributed by atoms with Gasteiger partial charge in [0, 0.05) is 0 Å². The van der Waals surface area contributed by atoms with E-state index >= 15 is 0 Å². The van der Waals surface area contributed by atoms with Crippen LogP contribution in [0, 0.1) is 41.4 Å². The fraction of sp³-hybridized carbons (Fsp3) is 0.917. The third-order valence-corrected chi connectivity index (χ3v) is 11.4. The van der Waals surface area contributed by atoms with E-state index in [4.69, 9.17) is 4.74 Å². The number of ether oxygens (including phenoxy) is 1. The highest BCUT2D eigenvalue weighted by Crippen LogP contribution is 2.42. The molecule has 0 atom stereocenters. The molecule has 4 fully saturated rings. The summed E-state index contributed by atoms with van der Waals surface area (Å²) in [5, 5.41) is 0. The third kappa shape index (κ3) is 9.69. The summed E-state index contributed by atoms with van der Waals surface area (Å²) in [7, 11) is 0. The molecule has 0 aromatic heterocycles. The van der Waals surface area contributed by atoms with E-state index in [2.05, 4.69) is 26.0 Å². The third-order valence-electron chi connectivity index (χ3n) is 11.4. The molecular formula is C36H62O2. The molecule has 0 amide bonds. The van der Waals surface area contributed by atoms with Crippen LogP contribution in [0.4, 0.5) is 0 Å². The van der Waals surface area contributed by atoms with Crippen molar-refractivity contribution in [2.75, 3.05) is 0 Å². The normalized spacial score (nSPS) is 36.8. The van der Waals surface area contributed by atoms with Crippen molar-refractivity contribution in [2.45, 2.75) is 168 Å². The maximum atomic E-state index is 12.8. The van der Waals surface area contributed by atoms with Gasteiger partial charge in [-0.25, -0.2) is 0 Å². The number of carbonyl (C=O) groups is 1. The molecule has 4 aliphatic carbocycles. The molecule has 218 valence electrons. The molecule has 4 aliphatic rings. The zero-order valence-electron chi connectivity index (χ0n) is 25.4. The van der Waals surface area contributed by atoms with Gasteiger partial charge in [0.2, 0.25) is 0 Å². The van der Waals surface area contributed by atoms with Gasteiger partial charge in [0.15, 0.2) is 0 Å². The van der Waals surface area contributed by atoms with Crippen LogP contribution in [-0.4, -0.2) is 12.1 Å². The Kier molecular flexibility index (Phi) is 13.1. The minimum absolute atomic E-state index is 0.127. The molecule has 0 aromatic rings. The molecule has 0 N–H and O–H groups in total. The van der Waals surface area contributed by atoms with Crippen LogP contribution in [0.15, 0.2) is 12.2 Å². The van der Waals surface area contributed by atoms with E-state index in [1.54, 1.807) is 0 Å². The lowest BCUT2D eigenvalue weighted by Crippen LogP contribution is -2.30. The van der Waals surface area contributed by atoms with Crippen LogP contribution < -0.4 is 0 Å². The summed E-state index contributed by atoms with van der Waals surface area (Å²) in [4.78, 5) is 12.8. The maximum Gasteiger partial charge on any atom is 0.309 e. The lowest BCUT2D eigenvalue weighted by atomic mass is 9.68. The average Bonchev–Trinajstić information content (AvgIpc) is 2.96. The zero-order chi connectivity index (χ0) is 26.6. The molecule has 0 aliphatic heterocycles. The summed E-state index contributed by atoms with van der Waals surface area (Å²) in [6.07, 6.45) is 36.0. The van der Waals surface area contributed by atoms with Crippen molar-refractivity contribution in [1.82, 2.24) is 0 Å². The van der Waals surface area contributed by atoms with Gasteiger partial charge >= 0.3 is 5.97 Å². The minimum Gasteiger partial charge on any atom is -0.462 e. The standard InChI is InChI=1S/C36H62O2/c1-3-5-9-29-12-20-32(21-13-29)33-22-14-30(15-23-33)10-6-7-11-31-16-24-34(25-17-31)36(37)38-35-26-18-28(8-4-2)19-27-35/h6,10,28-35H,3-5,7-9,11-27H2,1-2H3. The molecule has 2 heteroatoms. The predicted octanol–water partition coefficient (Wildman–Crippen LogP) is 10.8. The van der Waals surface area contributed by atoms with Crippen LogP contribution in [0.25, 0.3) is 0 Å². The summed E-state index contributed by atoms with van der Waals surface area (Å²) in [5.74, 6) is 5.97. The summed E-state index contributed by atoms with van der Waals surface area (Å²) < 4.78 is 5.97. The van der Waals surface area contributed by atoms with Gasteiger partial charge in [0.05, 0.1) is 5.92 Å². The topological polar surface area (TPSA) is 26.3 Å². The molecule has 0 bridgehead atoms. The highest BCUT2D eigenvalue weighted by molar-refractivity contribution is 5.72. The fourth-order valence-electron chi connectivity index (χ4n) is 8.76. The Morgan fingerprint density at radius 3 is 1.82 bits per heavy atom. The average molecular weight is 527 g/mol. The maximum absolute atomic E-state index is 12.8. The van der Waals surface area contributed by atoms with Gasteiger partial charge in [-0.2, -0.15) is 0 Å². The number of hydrogen-bond acceptors (Lipinski definition) is 2. The van der Waals surface area contributed by atoms with Crippen LogP contribution >= 0.6 is 0 Å². The number of unbranched alkanes of at least 4 members (excludes halogenated alkanes) is 1. The molecule has 0 spiro atoms. The summed E-state index contributed by atoms with van der Waals surface area (Å²) in [6, 6.07) is 0. The Bertz CT molecular complexity index is 665. The van der Waals surface area contributed by atoms with Crippen molar-refractivity contribution in [2.24, 2.45) is 41.4 Å². The first kappa shape index (κ1) is 30.2. The number of rotatable bonds is 12. The Hall–Kier alpha value is -0.790. The number of carbonyl (C=O) groups excluding carboxylic acids is 1. The van der Waals surface area contributed by atoms with Crippen molar-refractivity contribution >= 4 is 5.97 Å². The highest BCUT2D eigenvalue weighted by Gasteiger charge is 2.31. The molecule has 4 rings (SSSR count). The van der Waals surface area contributed by atoms with Crippen molar-refractivity contribution in [3.8, 4) is 0 Å². The van der Waals surface area contributed by atoms with Crippen molar-refractivity contribution < 1.29 is 9.53 Å². The van der Waals surface area contributed by atoms with Gasteiger partial charge in [-0.05, 0) is 138 Å². The molecule has 38 heavy (non-hydrogen) atoms. The van der Waals surface area contributed by atoms with Gasteiger partial charge < -0.3 is 4.74 Å². The van der Waals surface area contributed by atoms with Gasteiger partial charge in [0.1, 0.15) is 6.10 Å². The fourth-order valence-corrected chi connectivity index (χ4v) is 8.76. The Morgan fingerprint density at radius 1 is 0.632 bits per heavy atom. The van der Waals surface area contributed by atoms with Crippen LogP contribution in [0.2, 0.25) is 0 Å². The van der Waals surface area contributed by atoms with Crippen LogP contribution in [0.5, 0.6) is 0 Å². The first-order valence-electron chi connectivity index (χ1n) is 17.5. The number of esters is 1. The van der Waals surface area contributed by atoms with Crippen molar-refractivity contribution in [3.63, 3.8) is 0 Å². The first-order valence-corrected chi connectivity index (χ1v) is 17.5. The van der Waals surface area contributed by atoms with E-state index in [9.17, 15) is 4.79 Å². The second kappa shape index (κ2) is 16.5. The van der Waals surface area contributed by atoms with E-state index in [1.165, 1.54) is 122 Å². The highest BCUT2D eigenvalue weighted by atomic mass is 16.5. The smallest absolute Gasteiger partial charge is 0.309 e. The Morgan fingerprint density at radius 2 is 1.18 bits per heavy atom. The Balaban J connectivity index is 1.03. The second-order valence-corrected chi connectivity index (χ2v) is 14.2. The summed E-state index contributed by atoms with van der Waals surface area (Å²) in [6.45, 7) is 4.62. The molecule has 2 nitrogen and oxygen atoms in total. The van der Waals surface area contributed by atoms with Crippen molar-refractivity contribution in [1.29, 1.82) is 0 Å². The summed E-state index contributed by atoms with van der Waals surface area (Å²) in [5.41, 5.74) is 0. The van der Waals surface area contributed by atoms with Crippen LogP contribution in [0.3, 0.4) is 0 Å². The van der Waals surface area contributed by atoms with Crippen LogP contribution in [0.1, 0.15) is 162 Å². The van der Waals surface area contributed by atoms with E-state index in [0.29, 0.717) is 0 Å². The van der Waals surface area contributed by atoms with Gasteiger partial charge in [-0.1, -0.05) is 70.9 Å². The number of hydrogen-bond donors (Lipinski definition) is 0. The first-order chi connectivity index (χ1) is 18.6. The SMILES string of the molecule is CCCCC1CCC(C2CCC(C=CCCC3CCC(C(=O)OC4CCC(CCC)CC4)CC3)CC2)CC1. The largest absolute Gasteiger partial charge is 0.462 e. The van der Waals surface area contributed by atoms with Gasteiger partial charge in [-0.3, -0.25) is 4.79 Å². The Labute approximate surface area is 236 Å². The van der Waals surface area contributed by atoms with E-state index < -0.39 is 0 Å². The van der Waals surface area contributed by atoms with E-state index in [1.807, 2.05) is 0 Å². The van der Waals surface area contributed by atoms with E-state index in [0.717, 1.165) is 61.2 Å². The molecule has 4 saturated carbocycles. The second-order valence-electron chi connectivity index (χ2n) is 14.2. The lowest BCUT2D eigenvalue weighted by molar-refractivity contribution is -0.157. The molecule has 0 aromatic carbocycles. The molecule has 0 radical (unpaired) electrons. The molecule has 0 unspecified atom stereocenters. The molecule has 0 saturated heterocycles. The summed E-state index contributed by atoms with van der Waals surface area (Å²) >= 11 is 0. The zero-order valence-corrected chi connectivity index (χ0v) is 25.4. The number of allylic oxidation sites excluding steroid dienone is 2. The molecule has 0 heterocycles. The monoisotopic (exact) mass is 526 g/mol. The van der Waals surface area contributed by atoms with Crippen LogP contribution in [-0.2, 0) is 9.53 Å². The lowest BCUT2D eigenvalue weighted by Gasteiger charge is -2.37. The van der Waals surface area contributed by atoms with Gasteiger partial charge in [-0.15, -0.1) is 0 Å². The minimum atomic E-state index is 0.127. The van der Waals surface area contributed by atoms with E-state index in [-0.39, 0.29) is 18.0 Å². The van der Waals surface area contributed by atoms with Crippen molar-refractivity contribution in [3.05, 3.63) is 12.2 Å². The molecular weight excluding hydrogens is 464 g/mol. The predicted molar refractivity (Wildman–Crippen MR) is 161 cm³/mol. The van der Waals surface area contributed by atoms with Gasteiger partial charge in [0.25, 0.3) is 0 Å².